The van der Waals surface area contributed by atoms with Crippen LogP contribution in [-0.2, 0) is 7.05 Å². The highest BCUT2D eigenvalue weighted by atomic mass is 32.2. The van der Waals surface area contributed by atoms with Gasteiger partial charge in [0.15, 0.2) is 5.69 Å². The van der Waals surface area contributed by atoms with E-state index < -0.39 is 6.10 Å². The van der Waals surface area contributed by atoms with E-state index in [0.29, 0.717) is 22.3 Å². The number of aliphatic hydroxyl groups excluding tert-OH is 1. The fraction of sp³-hybridized carbons (Fsp3) is 0.273. The Hall–Kier alpha value is -3.57. The summed E-state index contributed by atoms with van der Waals surface area (Å²) in [5.41, 5.74) is 1.57. The molecule has 1 unspecified atom stereocenters. The van der Waals surface area contributed by atoms with Crippen molar-refractivity contribution >= 4 is 11.8 Å². The fourth-order valence-electron chi connectivity index (χ4n) is 3.29. The SMILES string of the molecule is COc1ccc(OCC(O)CSc2nnnn2-c2c(C)n(C)n(-c3ccccc3)c2=O)cc1. The monoisotopic (exact) mass is 468 g/mol. The van der Waals surface area contributed by atoms with Crippen molar-refractivity contribution in [3.05, 3.63) is 70.6 Å². The number of hydrogen-bond acceptors (Lipinski definition) is 8. The van der Waals surface area contributed by atoms with Crippen LogP contribution in [0.1, 0.15) is 5.69 Å². The fourth-order valence-corrected chi connectivity index (χ4v) is 4.07. The molecule has 0 aliphatic heterocycles. The number of rotatable bonds is 9. The van der Waals surface area contributed by atoms with Crippen molar-refractivity contribution in [2.24, 2.45) is 7.05 Å². The molecule has 0 spiro atoms. The molecule has 10 nitrogen and oxygen atoms in total. The number of methoxy groups -OCH3 is 1. The molecule has 0 bridgehead atoms. The van der Waals surface area contributed by atoms with Crippen LogP contribution in [0.25, 0.3) is 11.4 Å². The van der Waals surface area contributed by atoms with Crippen LogP contribution in [0.15, 0.2) is 64.5 Å². The quantitative estimate of drug-likeness (QED) is 0.372. The molecule has 2 aromatic carbocycles. The first kappa shape index (κ1) is 22.6. The lowest BCUT2D eigenvalue weighted by atomic mass is 10.3. The Bertz CT molecular complexity index is 1270. The van der Waals surface area contributed by atoms with Gasteiger partial charge in [0.2, 0.25) is 5.16 Å². The van der Waals surface area contributed by atoms with Crippen molar-refractivity contribution in [2.45, 2.75) is 18.2 Å². The summed E-state index contributed by atoms with van der Waals surface area (Å²) in [4.78, 5) is 13.2. The van der Waals surface area contributed by atoms with Gasteiger partial charge in [-0.15, -0.1) is 5.10 Å². The molecule has 0 radical (unpaired) electrons. The zero-order valence-electron chi connectivity index (χ0n) is 18.5. The Morgan fingerprint density at radius 1 is 1.09 bits per heavy atom. The van der Waals surface area contributed by atoms with Crippen molar-refractivity contribution in [2.75, 3.05) is 19.5 Å². The zero-order chi connectivity index (χ0) is 23.4. The minimum Gasteiger partial charge on any atom is -0.497 e. The molecule has 0 saturated heterocycles. The molecule has 11 heteroatoms. The molecule has 0 aliphatic carbocycles. The number of aliphatic hydroxyl groups is 1. The molecule has 0 fully saturated rings. The average Bonchev–Trinajstić information content (AvgIpc) is 3.38. The van der Waals surface area contributed by atoms with Gasteiger partial charge in [0.1, 0.15) is 18.1 Å². The normalized spacial score (nSPS) is 12.0. The van der Waals surface area contributed by atoms with Gasteiger partial charge in [-0.2, -0.15) is 4.68 Å². The molecule has 1 N–H and O–H groups in total. The lowest BCUT2D eigenvalue weighted by Crippen LogP contribution is -2.22. The van der Waals surface area contributed by atoms with E-state index in [0.717, 1.165) is 11.4 Å². The molecular formula is C22H24N6O4S. The van der Waals surface area contributed by atoms with Crippen molar-refractivity contribution in [3.8, 4) is 22.9 Å². The Morgan fingerprint density at radius 3 is 2.48 bits per heavy atom. The summed E-state index contributed by atoms with van der Waals surface area (Å²) < 4.78 is 15.5. The van der Waals surface area contributed by atoms with Crippen LogP contribution in [0, 0.1) is 6.92 Å². The van der Waals surface area contributed by atoms with Gasteiger partial charge < -0.3 is 14.6 Å². The number of nitrogens with zero attached hydrogens (tertiary/aromatic N) is 6. The van der Waals surface area contributed by atoms with Gasteiger partial charge in [-0.3, -0.25) is 9.48 Å². The molecule has 172 valence electrons. The van der Waals surface area contributed by atoms with Crippen molar-refractivity contribution < 1.29 is 14.6 Å². The highest BCUT2D eigenvalue weighted by molar-refractivity contribution is 7.99. The summed E-state index contributed by atoms with van der Waals surface area (Å²) in [7, 11) is 3.41. The van der Waals surface area contributed by atoms with Crippen molar-refractivity contribution in [3.63, 3.8) is 0 Å². The van der Waals surface area contributed by atoms with Crippen LogP contribution >= 0.6 is 11.8 Å². The Kier molecular flexibility index (Phi) is 6.80. The van der Waals surface area contributed by atoms with E-state index in [4.69, 9.17) is 9.47 Å². The number of benzene rings is 2. The van der Waals surface area contributed by atoms with Crippen molar-refractivity contribution in [1.29, 1.82) is 0 Å². The van der Waals surface area contributed by atoms with Gasteiger partial charge in [0.05, 0.1) is 24.6 Å². The standard InChI is InChI=1S/C22H24N6O4S/c1-15-20(21(30)28(26(15)2)16-7-5-4-6-8-16)27-22(23-24-25-27)33-14-17(29)13-32-19-11-9-18(31-3)10-12-19/h4-12,17,29H,13-14H2,1-3H3. The van der Waals surface area contributed by atoms with Crippen molar-refractivity contribution in [1.82, 2.24) is 29.6 Å². The number of tetrazole rings is 1. The van der Waals surface area contributed by atoms with E-state index in [-0.39, 0.29) is 17.9 Å². The topological polar surface area (TPSA) is 109 Å². The predicted octanol–water partition coefficient (Wildman–Crippen LogP) is 2.00. The zero-order valence-corrected chi connectivity index (χ0v) is 19.3. The second kappa shape index (κ2) is 9.92. The van der Waals surface area contributed by atoms with Gasteiger partial charge in [-0.25, -0.2) is 4.68 Å². The summed E-state index contributed by atoms with van der Waals surface area (Å²) in [6, 6.07) is 16.5. The molecule has 33 heavy (non-hydrogen) atoms. The smallest absolute Gasteiger partial charge is 0.297 e. The second-order valence-corrected chi connectivity index (χ2v) is 8.22. The minimum absolute atomic E-state index is 0.103. The number of aromatic nitrogens is 6. The molecule has 2 heterocycles. The van der Waals surface area contributed by atoms with Gasteiger partial charge in [0.25, 0.3) is 5.56 Å². The van der Waals surface area contributed by atoms with Gasteiger partial charge >= 0.3 is 0 Å². The maximum atomic E-state index is 13.2. The lowest BCUT2D eigenvalue weighted by molar-refractivity contribution is 0.126. The highest BCUT2D eigenvalue weighted by Gasteiger charge is 2.22. The first-order valence-electron chi connectivity index (χ1n) is 10.2. The van der Waals surface area contributed by atoms with Crippen LogP contribution in [0.2, 0.25) is 0 Å². The maximum absolute atomic E-state index is 13.2. The van der Waals surface area contributed by atoms with Crippen LogP contribution in [0.5, 0.6) is 11.5 Å². The third-order valence-electron chi connectivity index (χ3n) is 5.08. The molecule has 0 saturated carbocycles. The second-order valence-electron chi connectivity index (χ2n) is 7.23. The Labute approximate surface area is 194 Å². The first-order valence-corrected chi connectivity index (χ1v) is 11.2. The first-order chi connectivity index (χ1) is 16.0. The van der Waals surface area contributed by atoms with E-state index in [9.17, 15) is 9.90 Å². The molecule has 4 rings (SSSR count). The van der Waals surface area contributed by atoms with E-state index >= 15 is 0 Å². The van der Waals surface area contributed by atoms with E-state index in [1.165, 1.54) is 16.4 Å². The lowest BCUT2D eigenvalue weighted by Gasteiger charge is -2.12. The van der Waals surface area contributed by atoms with Crippen LogP contribution in [0.4, 0.5) is 0 Å². The van der Waals surface area contributed by atoms with Crippen LogP contribution in [-0.4, -0.2) is 60.3 Å². The summed E-state index contributed by atoms with van der Waals surface area (Å²) >= 11 is 1.25. The molecule has 1 atom stereocenters. The number of thioether (sulfide) groups is 1. The third-order valence-corrected chi connectivity index (χ3v) is 6.15. The van der Waals surface area contributed by atoms with Gasteiger partial charge in [-0.1, -0.05) is 30.0 Å². The molecule has 0 aliphatic rings. The molecule has 0 amide bonds. The summed E-state index contributed by atoms with van der Waals surface area (Å²) in [6.45, 7) is 1.94. The number of hydrogen-bond donors (Lipinski definition) is 1. The average molecular weight is 469 g/mol. The van der Waals surface area contributed by atoms with Crippen LogP contribution in [0.3, 0.4) is 0 Å². The Balaban J connectivity index is 1.47. The van der Waals surface area contributed by atoms with E-state index in [2.05, 4.69) is 15.5 Å². The number of para-hydroxylation sites is 1. The predicted molar refractivity (Wildman–Crippen MR) is 124 cm³/mol. The van der Waals surface area contributed by atoms with E-state index in [1.807, 2.05) is 44.3 Å². The molecular weight excluding hydrogens is 444 g/mol. The largest absolute Gasteiger partial charge is 0.497 e. The molecule has 2 aromatic heterocycles. The number of ether oxygens (including phenoxy) is 2. The maximum Gasteiger partial charge on any atom is 0.297 e. The van der Waals surface area contributed by atoms with E-state index in [1.54, 1.807) is 40.7 Å². The highest BCUT2D eigenvalue weighted by Crippen LogP contribution is 2.21. The molecule has 4 aromatic rings. The Morgan fingerprint density at radius 2 is 1.79 bits per heavy atom. The summed E-state index contributed by atoms with van der Waals surface area (Å²) in [5.74, 6) is 1.65. The minimum atomic E-state index is -0.764. The summed E-state index contributed by atoms with van der Waals surface area (Å²) in [5, 5.41) is 22.6. The van der Waals surface area contributed by atoms with Crippen LogP contribution < -0.4 is 15.0 Å². The van der Waals surface area contributed by atoms with Gasteiger partial charge in [0, 0.05) is 12.8 Å². The summed E-state index contributed by atoms with van der Waals surface area (Å²) in [6.07, 6.45) is -0.764. The van der Waals surface area contributed by atoms with Gasteiger partial charge in [-0.05, 0) is 53.7 Å². The third kappa shape index (κ3) is 4.78.